The number of hydrogen-bond acceptors (Lipinski definition) is 6. The first-order valence-corrected chi connectivity index (χ1v) is 11.3. The van der Waals surface area contributed by atoms with E-state index in [-0.39, 0.29) is 39.8 Å². The van der Waals surface area contributed by atoms with E-state index in [1.54, 1.807) is 30.3 Å². The van der Waals surface area contributed by atoms with E-state index in [1.807, 2.05) is 0 Å². The first-order chi connectivity index (χ1) is 16.3. The van der Waals surface area contributed by atoms with Crippen molar-refractivity contribution in [2.75, 3.05) is 0 Å². The molecule has 3 aromatic rings. The normalized spacial score (nSPS) is 15.6. The number of thioether (sulfide) groups is 1. The summed E-state index contributed by atoms with van der Waals surface area (Å²) in [6, 6.07) is 14.7. The lowest BCUT2D eigenvalue weighted by atomic mass is 10.2. The van der Waals surface area contributed by atoms with Crippen molar-refractivity contribution in [1.29, 1.82) is 0 Å². The molecule has 172 valence electrons. The van der Waals surface area contributed by atoms with Crippen LogP contribution in [0.25, 0.3) is 6.08 Å². The molecule has 7 nitrogen and oxygen atoms in total. The van der Waals surface area contributed by atoms with Crippen molar-refractivity contribution in [2.45, 2.75) is 6.61 Å². The number of aliphatic imine (C=N–C) groups is 1. The molecule has 0 saturated carbocycles. The van der Waals surface area contributed by atoms with Crippen molar-refractivity contribution >= 4 is 63.5 Å². The lowest BCUT2D eigenvalue weighted by Gasteiger charge is -2.11. The van der Waals surface area contributed by atoms with Crippen LogP contribution in [0.4, 0.5) is 15.8 Å². The lowest BCUT2D eigenvalue weighted by molar-refractivity contribution is -0.384. The van der Waals surface area contributed by atoms with Gasteiger partial charge in [0.15, 0.2) is 10.9 Å². The smallest absolute Gasteiger partial charge is 0.269 e. The Labute approximate surface area is 207 Å². The van der Waals surface area contributed by atoms with Crippen LogP contribution in [0.1, 0.15) is 11.1 Å². The number of rotatable bonds is 6. The number of amidine groups is 1. The van der Waals surface area contributed by atoms with Gasteiger partial charge in [0, 0.05) is 12.1 Å². The maximum absolute atomic E-state index is 13.1. The van der Waals surface area contributed by atoms with Crippen molar-refractivity contribution in [3.05, 3.63) is 103 Å². The van der Waals surface area contributed by atoms with E-state index in [9.17, 15) is 19.3 Å². The number of amides is 1. The average molecular weight is 518 g/mol. The van der Waals surface area contributed by atoms with E-state index in [2.05, 4.69) is 10.3 Å². The fourth-order valence-electron chi connectivity index (χ4n) is 2.93. The van der Waals surface area contributed by atoms with Crippen molar-refractivity contribution in [3.8, 4) is 5.75 Å². The second-order valence-electron chi connectivity index (χ2n) is 6.98. The van der Waals surface area contributed by atoms with Gasteiger partial charge in [0.1, 0.15) is 12.4 Å². The first-order valence-electron chi connectivity index (χ1n) is 9.69. The van der Waals surface area contributed by atoms with Gasteiger partial charge in [0.2, 0.25) is 0 Å². The molecule has 34 heavy (non-hydrogen) atoms. The summed E-state index contributed by atoms with van der Waals surface area (Å²) < 4.78 is 18.8. The molecule has 1 fully saturated rings. The van der Waals surface area contributed by atoms with Crippen LogP contribution in [-0.4, -0.2) is 16.0 Å². The number of non-ortho nitro benzene ring substituents is 1. The number of nitrogens with zero attached hydrogens (tertiary/aromatic N) is 2. The molecule has 1 amide bonds. The monoisotopic (exact) mass is 517 g/mol. The minimum Gasteiger partial charge on any atom is -0.486 e. The third-order valence-corrected chi connectivity index (χ3v) is 6.03. The Balaban J connectivity index is 1.47. The van der Waals surface area contributed by atoms with E-state index in [0.717, 1.165) is 11.8 Å². The van der Waals surface area contributed by atoms with Gasteiger partial charge in [0.05, 0.1) is 25.6 Å². The lowest BCUT2D eigenvalue weighted by Crippen LogP contribution is -2.19. The van der Waals surface area contributed by atoms with Crippen LogP contribution in [0.2, 0.25) is 10.0 Å². The summed E-state index contributed by atoms with van der Waals surface area (Å²) in [6.07, 6.45) is 1.62. The average Bonchev–Trinajstić information content (AvgIpc) is 3.13. The maximum atomic E-state index is 13.1. The van der Waals surface area contributed by atoms with Crippen molar-refractivity contribution in [1.82, 2.24) is 5.32 Å². The standard InChI is InChI=1S/C23H14Cl2FN3O4S/c24-18-9-14(10-19(25)21(18)33-12-13-1-7-17(8-2-13)29(31)32)11-20-22(30)28-23(34-20)27-16-5-3-15(26)4-6-16/h1-11H,12H2,(H,27,28,30)/b20-11+. The number of ether oxygens (including phenoxy) is 1. The summed E-state index contributed by atoms with van der Waals surface area (Å²) in [5.74, 6) is -0.455. The fraction of sp³-hybridized carbons (Fsp3) is 0.0435. The number of nitrogens with one attached hydrogen (secondary N) is 1. The Kier molecular flexibility index (Phi) is 7.16. The Morgan fingerprint density at radius 1 is 1.09 bits per heavy atom. The number of hydrogen-bond donors (Lipinski definition) is 1. The van der Waals surface area contributed by atoms with Crippen LogP contribution < -0.4 is 10.1 Å². The Morgan fingerprint density at radius 2 is 1.74 bits per heavy atom. The molecule has 1 aliphatic rings. The molecule has 0 spiro atoms. The van der Waals surface area contributed by atoms with Crippen LogP contribution in [0, 0.1) is 15.9 Å². The summed E-state index contributed by atoms with van der Waals surface area (Å²) >= 11 is 13.8. The first kappa shape index (κ1) is 23.7. The van der Waals surface area contributed by atoms with E-state index >= 15 is 0 Å². The molecule has 1 saturated heterocycles. The molecule has 0 bridgehead atoms. The van der Waals surface area contributed by atoms with Gasteiger partial charge in [-0.3, -0.25) is 14.9 Å². The number of nitro benzene ring substituents is 1. The molecule has 3 aromatic carbocycles. The zero-order chi connectivity index (χ0) is 24.2. The van der Waals surface area contributed by atoms with E-state index < -0.39 is 4.92 Å². The minimum absolute atomic E-state index is 0.0168. The molecule has 1 heterocycles. The minimum atomic E-state index is -0.480. The zero-order valence-electron chi connectivity index (χ0n) is 17.1. The topological polar surface area (TPSA) is 93.8 Å². The highest BCUT2D eigenvalue weighted by Crippen LogP contribution is 2.37. The van der Waals surface area contributed by atoms with E-state index in [4.69, 9.17) is 27.9 Å². The molecule has 4 rings (SSSR count). The summed E-state index contributed by atoms with van der Waals surface area (Å²) in [4.78, 5) is 27.3. The van der Waals surface area contributed by atoms with Crippen molar-refractivity contribution in [3.63, 3.8) is 0 Å². The van der Waals surface area contributed by atoms with Crippen molar-refractivity contribution in [2.24, 2.45) is 4.99 Å². The molecular formula is C23H14Cl2FN3O4S. The highest BCUT2D eigenvalue weighted by molar-refractivity contribution is 8.18. The Hall–Kier alpha value is -3.40. The second-order valence-corrected chi connectivity index (χ2v) is 8.83. The van der Waals surface area contributed by atoms with Crippen LogP contribution in [-0.2, 0) is 11.4 Å². The van der Waals surface area contributed by atoms with Crippen LogP contribution >= 0.6 is 35.0 Å². The fourth-order valence-corrected chi connectivity index (χ4v) is 4.39. The van der Waals surface area contributed by atoms with Crippen LogP contribution in [0.3, 0.4) is 0 Å². The summed E-state index contributed by atoms with van der Waals surface area (Å²) in [7, 11) is 0. The van der Waals surface area contributed by atoms with Gasteiger partial charge in [-0.2, -0.15) is 0 Å². The van der Waals surface area contributed by atoms with Gasteiger partial charge in [-0.05, 0) is 77.5 Å². The van der Waals surface area contributed by atoms with Gasteiger partial charge in [-0.1, -0.05) is 23.2 Å². The van der Waals surface area contributed by atoms with Gasteiger partial charge >= 0.3 is 0 Å². The molecule has 1 aliphatic heterocycles. The molecule has 0 aromatic heterocycles. The SMILES string of the molecule is O=C1NC(=Nc2ccc(F)cc2)S/C1=C/c1cc(Cl)c(OCc2ccc([N+](=O)[O-])cc2)c(Cl)c1. The molecular weight excluding hydrogens is 504 g/mol. The predicted octanol–water partition coefficient (Wildman–Crippen LogP) is 6.51. The predicted molar refractivity (Wildman–Crippen MR) is 131 cm³/mol. The number of carbonyl (C=O) groups excluding carboxylic acids is 1. The number of benzene rings is 3. The Morgan fingerprint density at radius 3 is 2.35 bits per heavy atom. The van der Waals surface area contributed by atoms with Crippen LogP contribution in [0.5, 0.6) is 5.75 Å². The largest absolute Gasteiger partial charge is 0.486 e. The van der Waals surface area contributed by atoms with Crippen molar-refractivity contribution < 1.29 is 18.8 Å². The molecule has 1 N–H and O–H groups in total. The number of nitro groups is 1. The van der Waals surface area contributed by atoms with E-state index in [1.165, 1.54) is 36.4 Å². The van der Waals surface area contributed by atoms with E-state index in [0.29, 0.717) is 26.9 Å². The highest BCUT2D eigenvalue weighted by atomic mass is 35.5. The van der Waals surface area contributed by atoms with Crippen LogP contribution in [0.15, 0.2) is 70.6 Å². The van der Waals surface area contributed by atoms with Gasteiger partial charge in [-0.25, -0.2) is 9.38 Å². The second kappa shape index (κ2) is 10.3. The van der Waals surface area contributed by atoms with Gasteiger partial charge < -0.3 is 10.1 Å². The summed E-state index contributed by atoms with van der Waals surface area (Å²) in [5, 5.41) is 14.3. The maximum Gasteiger partial charge on any atom is 0.269 e. The third kappa shape index (κ3) is 5.74. The van der Waals surface area contributed by atoms with Gasteiger partial charge in [-0.15, -0.1) is 0 Å². The molecule has 0 unspecified atom stereocenters. The number of halogens is 3. The molecule has 0 atom stereocenters. The quantitative estimate of drug-likeness (QED) is 0.228. The summed E-state index contributed by atoms with van der Waals surface area (Å²) in [6.45, 7) is 0.110. The van der Waals surface area contributed by atoms with Gasteiger partial charge in [0.25, 0.3) is 11.6 Å². The summed E-state index contributed by atoms with van der Waals surface area (Å²) in [5.41, 5.74) is 1.78. The molecule has 0 aliphatic carbocycles. The number of carbonyl (C=O) groups is 1. The third-order valence-electron chi connectivity index (χ3n) is 4.56. The zero-order valence-corrected chi connectivity index (χ0v) is 19.5. The highest BCUT2D eigenvalue weighted by Gasteiger charge is 2.24. The molecule has 11 heteroatoms. The Bertz CT molecular complexity index is 1310. The molecule has 0 radical (unpaired) electrons.